The summed E-state index contributed by atoms with van der Waals surface area (Å²) < 4.78 is 9.08. The smallest absolute Gasteiger partial charge is 0.256 e. The van der Waals surface area contributed by atoms with Gasteiger partial charge in [0.25, 0.3) is 5.91 Å². The van der Waals surface area contributed by atoms with E-state index in [0.717, 1.165) is 28.5 Å². The summed E-state index contributed by atoms with van der Waals surface area (Å²) in [4.78, 5) is 12.8. The van der Waals surface area contributed by atoms with Gasteiger partial charge in [0.1, 0.15) is 17.1 Å². The van der Waals surface area contributed by atoms with Gasteiger partial charge in [-0.15, -0.1) is 0 Å². The topological polar surface area (TPSA) is 61.1 Å². The number of amides is 1. The van der Waals surface area contributed by atoms with E-state index in [2.05, 4.69) is 10.4 Å². The summed E-state index contributed by atoms with van der Waals surface area (Å²) in [7, 11) is 3.46. The van der Waals surface area contributed by atoms with Gasteiger partial charge >= 0.3 is 0 Å². The fraction of sp³-hybridized carbons (Fsp3) is 0.263. The molecule has 130 valence electrons. The molecule has 25 heavy (non-hydrogen) atoms. The summed E-state index contributed by atoms with van der Waals surface area (Å²) in [6.45, 7) is 4.41. The third-order valence-corrected chi connectivity index (χ3v) is 4.27. The molecule has 0 radical (unpaired) electrons. The number of methoxy groups -OCH3 is 1. The predicted octanol–water partition coefficient (Wildman–Crippen LogP) is 2.77. The maximum atomic E-state index is 12.8. The molecule has 0 spiro atoms. The number of hydrogen-bond donors (Lipinski definition) is 1. The van der Waals surface area contributed by atoms with E-state index in [1.165, 1.54) is 0 Å². The van der Waals surface area contributed by atoms with Crippen molar-refractivity contribution in [2.75, 3.05) is 7.11 Å². The zero-order valence-electron chi connectivity index (χ0n) is 14.9. The van der Waals surface area contributed by atoms with E-state index < -0.39 is 0 Å². The van der Waals surface area contributed by atoms with Crippen molar-refractivity contribution < 1.29 is 9.53 Å². The number of benzene rings is 1. The molecule has 6 nitrogen and oxygen atoms in total. The first-order chi connectivity index (χ1) is 12.0. The van der Waals surface area contributed by atoms with Crippen molar-refractivity contribution in [2.24, 2.45) is 7.05 Å². The molecule has 3 rings (SSSR count). The summed E-state index contributed by atoms with van der Waals surface area (Å²) in [6, 6.07) is 11.7. The van der Waals surface area contributed by atoms with Crippen LogP contribution in [0.1, 0.15) is 27.3 Å². The first-order valence-electron chi connectivity index (χ1n) is 8.10. The molecule has 0 aliphatic rings. The van der Waals surface area contributed by atoms with Gasteiger partial charge in [-0.25, -0.2) is 0 Å². The molecule has 0 bridgehead atoms. The normalized spacial score (nSPS) is 10.7. The Bertz CT molecular complexity index is 889. The van der Waals surface area contributed by atoms with Crippen LogP contribution in [-0.4, -0.2) is 27.4 Å². The number of nitrogens with zero attached hydrogens (tertiary/aromatic N) is 3. The van der Waals surface area contributed by atoms with E-state index in [4.69, 9.17) is 4.74 Å². The van der Waals surface area contributed by atoms with Crippen LogP contribution in [0.5, 0.6) is 5.75 Å². The molecule has 0 atom stereocenters. The number of nitrogens with one attached hydrogen (secondary N) is 1. The minimum atomic E-state index is -0.165. The van der Waals surface area contributed by atoms with Gasteiger partial charge < -0.3 is 14.6 Å². The van der Waals surface area contributed by atoms with Crippen molar-refractivity contribution in [3.05, 3.63) is 65.1 Å². The molecule has 2 heterocycles. The van der Waals surface area contributed by atoms with Crippen LogP contribution in [0.3, 0.4) is 0 Å². The summed E-state index contributed by atoms with van der Waals surface area (Å²) in [5.74, 6) is 1.35. The first-order valence-corrected chi connectivity index (χ1v) is 8.10. The largest absolute Gasteiger partial charge is 0.496 e. The molecule has 1 aromatic carbocycles. The van der Waals surface area contributed by atoms with Crippen LogP contribution in [0.2, 0.25) is 0 Å². The van der Waals surface area contributed by atoms with E-state index in [-0.39, 0.29) is 5.91 Å². The first kappa shape index (κ1) is 16.8. The Hall–Kier alpha value is -3.02. The lowest BCUT2D eigenvalue weighted by atomic mass is 10.2. The van der Waals surface area contributed by atoms with Crippen LogP contribution in [0, 0.1) is 13.8 Å². The van der Waals surface area contributed by atoms with Crippen LogP contribution in [0.15, 0.2) is 42.6 Å². The van der Waals surface area contributed by atoms with Crippen molar-refractivity contribution in [1.82, 2.24) is 19.7 Å². The number of aryl methyl sites for hydroxylation is 3. The Morgan fingerprint density at radius 3 is 2.52 bits per heavy atom. The van der Waals surface area contributed by atoms with Gasteiger partial charge in [-0.1, -0.05) is 18.2 Å². The van der Waals surface area contributed by atoms with Crippen molar-refractivity contribution in [3.8, 4) is 11.6 Å². The van der Waals surface area contributed by atoms with Gasteiger partial charge in [0.05, 0.1) is 13.3 Å². The molecule has 1 amide bonds. The second-order valence-electron chi connectivity index (χ2n) is 5.95. The minimum Gasteiger partial charge on any atom is -0.496 e. The van der Waals surface area contributed by atoms with Gasteiger partial charge in [-0.05, 0) is 32.0 Å². The second-order valence-corrected chi connectivity index (χ2v) is 5.95. The van der Waals surface area contributed by atoms with Crippen LogP contribution in [0.25, 0.3) is 5.82 Å². The lowest BCUT2D eigenvalue weighted by Crippen LogP contribution is -2.24. The molecule has 3 aromatic rings. The monoisotopic (exact) mass is 338 g/mol. The lowest BCUT2D eigenvalue weighted by Gasteiger charge is -2.13. The number of ether oxygens (including phenoxy) is 1. The van der Waals surface area contributed by atoms with Crippen molar-refractivity contribution in [3.63, 3.8) is 0 Å². The molecule has 2 aromatic heterocycles. The average molecular weight is 338 g/mol. The number of hydrogen-bond acceptors (Lipinski definition) is 3. The lowest BCUT2D eigenvalue weighted by molar-refractivity contribution is 0.0950. The maximum Gasteiger partial charge on any atom is 0.256 e. The van der Waals surface area contributed by atoms with E-state index in [9.17, 15) is 4.79 Å². The highest BCUT2D eigenvalue weighted by Crippen LogP contribution is 2.21. The number of para-hydroxylation sites is 1. The Morgan fingerprint density at radius 1 is 1.16 bits per heavy atom. The molecular weight excluding hydrogens is 316 g/mol. The van der Waals surface area contributed by atoms with Gasteiger partial charge in [-0.3, -0.25) is 9.48 Å². The third kappa shape index (κ3) is 3.15. The molecule has 0 aliphatic carbocycles. The summed E-state index contributed by atoms with van der Waals surface area (Å²) in [5.41, 5.74) is 3.58. The molecular formula is C19H22N4O2. The van der Waals surface area contributed by atoms with Gasteiger partial charge in [0.15, 0.2) is 0 Å². The van der Waals surface area contributed by atoms with Crippen LogP contribution in [0.4, 0.5) is 0 Å². The molecule has 0 aliphatic heterocycles. The number of rotatable bonds is 5. The number of carbonyl (C=O) groups excluding carboxylic acids is 1. The Morgan fingerprint density at radius 2 is 1.84 bits per heavy atom. The fourth-order valence-electron chi connectivity index (χ4n) is 2.98. The highest BCUT2D eigenvalue weighted by Gasteiger charge is 2.19. The predicted molar refractivity (Wildman–Crippen MR) is 96.2 cm³/mol. The molecule has 0 saturated carbocycles. The minimum absolute atomic E-state index is 0.165. The average Bonchev–Trinajstić information content (AvgIpc) is 3.14. The van der Waals surface area contributed by atoms with Crippen LogP contribution in [-0.2, 0) is 13.6 Å². The highest BCUT2D eigenvalue weighted by atomic mass is 16.5. The molecule has 0 fully saturated rings. The molecule has 6 heteroatoms. The molecule has 0 saturated heterocycles. The van der Waals surface area contributed by atoms with E-state index in [0.29, 0.717) is 12.1 Å². The SMILES string of the molecule is COc1ccccc1CNC(=O)c1cnn(C)c1-n1c(C)ccc1C. The Labute approximate surface area is 147 Å². The van der Waals surface area contributed by atoms with Crippen molar-refractivity contribution in [2.45, 2.75) is 20.4 Å². The second kappa shape index (κ2) is 6.84. The van der Waals surface area contributed by atoms with E-state index in [1.807, 2.05) is 61.9 Å². The number of carbonyl (C=O) groups is 1. The molecule has 1 N–H and O–H groups in total. The fourth-order valence-corrected chi connectivity index (χ4v) is 2.98. The third-order valence-electron chi connectivity index (χ3n) is 4.27. The zero-order chi connectivity index (χ0) is 18.0. The van der Waals surface area contributed by atoms with Gasteiger partial charge in [0, 0.05) is 30.5 Å². The summed E-state index contributed by atoms with van der Waals surface area (Å²) in [5, 5.41) is 7.23. The number of aromatic nitrogens is 3. The zero-order valence-corrected chi connectivity index (χ0v) is 14.9. The van der Waals surface area contributed by atoms with E-state index >= 15 is 0 Å². The van der Waals surface area contributed by atoms with Crippen molar-refractivity contribution >= 4 is 5.91 Å². The maximum absolute atomic E-state index is 12.8. The highest BCUT2D eigenvalue weighted by molar-refractivity contribution is 5.97. The summed E-state index contributed by atoms with van der Waals surface area (Å²) in [6.07, 6.45) is 1.60. The van der Waals surface area contributed by atoms with Gasteiger partial charge in [0.2, 0.25) is 0 Å². The van der Waals surface area contributed by atoms with Crippen LogP contribution >= 0.6 is 0 Å². The van der Waals surface area contributed by atoms with Crippen molar-refractivity contribution in [1.29, 1.82) is 0 Å². The van der Waals surface area contributed by atoms with Crippen LogP contribution < -0.4 is 10.1 Å². The molecule has 0 unspecified atom stereocenters. The summed E-state index contributed by atoms with van der Waals surface area (Å²) >= 11 is 0. The van der Waals surface area contributed by atoms with E-state index in [1.54, 1.807) is 18.0 Å². The quantitative estimate of drug-likeness (QED) is 0.778. The Kier molecular flexibility index (Phi) is 4.61. The standard InChI is InChI=1S/C19H22N4O2/c1-13-9-10-14(2)23(13)19-16(12-21-22(19)3)18(24)20-11-15-7-5-6-8-17(15)25-4/h5-10,12H,11H2,1-4H3,(H,20,24). The van der Waals surface area contributed by atoms with Gasteiger partial charge in [-0.2, -0.15) is 5.10 Å². The Balaban J connectivity index is 1.87.